The molecule has 1 aromatic carbocycles. The number of amides is 1. The molecule has 0 saturated carbocycles. The normalized spacial score (nSPS) is 27.6. The van der Waals surface area contributed by atoms with Gasteiger partial charge in [0.15, 0.2) is 0 Å². The van der Waals surface area contributed by atoms with Crippen molar-refractivity contribution in [3.8, 4) is 0 Å². The topological polar surface area (TPSA) is 38.8 Å². The highest BCUT2D eigenvalue weighted by Crippen LogP contribution is 2.40. The fourth-order valence-corrected chi connectivity index (χ4v) is 3.92. The van der Waals surface area contributed by atoms with Gasteiger partial charge in [-0.3, -0.25) is 4.79 Å². The summed E-state index contributed by atoms with van der Waals surface area (Å²) in [6, 6.07) is 6.48. The number of carbonyl (C=O) groups is 1. The van der Waals surface area contributed by atoms with Gasteiger partial charge < -0.3 is 14.4 Å². The van der Waals surface area contributed by atoms with Crippen LogP contribution in [0.5, 0.6) is 0 Å². The van der Waals surface area contributed by atoms with Crippen LogP contribution >= 0.6 is 0 Å². The summed E-state index contributed by atoms with van der Waals surface area (Å²) in [6.45, 7) is 2.70. The van der Waals surface area contributed by atoms with E-state index in [2.05, 4.69) is 0 Å². The Labute approximate surface area is 136 Å². The third-order valence-electron chi connectivity index (χ3n) is 5.07. The van der Waals surface area contributed by atoms with E-state index in [1.54, 1.807) is 25.3 Å². The van der Waals surface area contributed by atoms with E-state index in [1.165, 1.54) is 6.07 Å². The molecule has 5 heteroatoms. The maximum atomic E-state index is 13.8. The molecule has 4 nitrogen and oxygen atoms in total. The quantitative estimate of drug-likeness (QED) is 0.855. The predicted molar refractivity (Wildman–Crippen MR) is 84.6 cm³/mol. The van der Waals surface area contributed by atoms with Crippen molar-refractivity contribution in [1.82, 2.24) is 4.90 Å². The van der Waals surface area contributed by atoms with Gasteiger partial charge in [0, 0.05) is 32.2 Å². The smallest absolute Gasteiger partial charge is 0.227 e. The van der Waals surface area contributed by atoms with Gasteiger partial charge in [0.25, 0.3) is 0 Å². The summed E-state index contributed by atoms with van der Waals surface area (Å²) < 4.78 is 25.1. The van der Waals surface area contributed by atoms with Crippen molar-refractivity contribution in [2.45, 2.75) is 31.8 Å². The second kappa shape index (κ2) is 6.97. The first-order chi connectivity index (χ1) is 11.1. The number of halogens is 1. The maximum absolute atomic E-state index is 13.8. The Morgan fingerprint density at radius 2 is 2.30 bits per heavy atom. The van der Waals surface area contributed by atoms with E-state index >= 15 is 0 Å². The van der Waals surface area contributed by atoms with Crippen molar-refractivity contribution >= 4 is 5.91 Å². The average Bonchev–Trinajstić information content (AvgIpc) is 2.56. The van der Waals surface area contributed by atoms with Crippen LogP contribution < -0.4 is 0 Å². The van der Waals surface area contributed by atoms with E-state index in [0.29, 0.717) is 25.3 Å². The number of hydrogen-bond acceptors (Lipinski definition) is 3. The SMILES string of the molecule is COC[C@@]12CCCO[C@@H]1CCN(C(=O)Cc1ccccc1F)C2. The molecule has 1 aromatic rings. The number of piperidine rings is 1. The molecule has 0 aromatic heterocycles. The number of fused-ring (bicyclic) bond motifs is 1. The summed E-state index contributed by atoms with van der Waals surface area (Å²) in [4.78, 5) is 14.5. The van der Waals surface area contributed by atoms with E-state index in [4.69, 9.17) is 9.47 Å². The zero-order valence-corrected chi connectivity index (χ0v) is 13.6. The fraction of sp³-hybridized carbons (Fsp3) is 0.611. The summed E-state index contributed by atoms with van der Waals surface area (Å²) in [6.07, 6.45) is 3.10. The highest BCUT2D eigenvalue weighted by atomic mass is 19.1. The number of hydrogen-bond donors (Lipinski definition) is 0. The maximum Gasteiger partial charge on any atom is 0.227 e. The molecule has 2 heterocycles. The van der Waals surface area contributed by atoms with Crippen LogP contribution in [-0.2, 0) is 20.7 Å². The van der Waals surface area contributed by atoms with Crippen LogP contribution in [0.1, 0.15) is 24.8 Å². The Hall–Kier alpha value is -1.46. The minimum atomic E-state index is -0.316. The van der Waals surface area contributed by atoms with Crippen molar-refractivity contribution in [3.05, 3.63) is 35.6 Å². The van der Waals surface area contributed by atoms with Crippen LogP contribution in [-0.4, -0.2) is 50.3 Å². The van der Waals surface area contributed by atoms with Gasteiger partial charge in [-0.05, 0) is 30.9 Å². The zero-order valence-electron chi connectivity index (χ0n) is 13.6. The second-order valence-electron chi connectivity index (χ2n) is 6.63. The molecular weight excluding hydrogens is 297 g/mol. The van der Waals surface area contributed by atoms with Crippen molar-refractivity contribution in [3.63, 3.8) is 0 Å². The van der Waals surface area contributed by atoms with Gasteiger partial charge in [-0.15, -0.1) is 0 Å². The molecular formula is C18H24FNO3. The summed E-state index contributed by atoms with van der Waals surface area (Å²) in [5.41, 5.74) is 0.344. The summed E-state index contributed by atoms with van der Waals surface area (Å²) in [7, 11) is 1.69. The van der Waals surface area contributed by atoms with Crippen LogP contribution in [0, 0.1) is 11.2 Å². The highest BCUT2D eigenvalue weighted by molar-refractivity contribution is 5.79. The number of nitrogens with zero attached hydrogens (tertiary/aromatic N) is 1. The molecule has 126 valence electrons. The van der Waals surface area contributed by atoms with Gasteiger partial charge in [-0.1, -0.05) is 18.2 Å². The lowest BCUT2D eigenvalue weighted by Gasteiger charge is -2.50. The van der Waals surface area contributed by atoms with Crippen molar-refractivity contribution in [1.29, 1.82) is 0 Å². The van der Waals surface area contributed by atoms with Crippen LogP contribution in [0.25, 0.3) is 0 Å². The molecule has 1 amide bonds. The molecule has 0 aliphatic carbocycles. The Balaban J connectivity index is 1.71. The lowest BCUT2D eigenvalue weighted by atomic mass is 9.73. The molecule has 2 aliphatic rings. The van der Waals surface area contributed by atoms with Gasteiger partial charge in [0.2, 0.25) is 5.91 Å². The summed E-state index contributed by atoms with van der Waals surface area (Å²) in [5.74, 6) is -0.335. The fourth-order valence-electron chi connectivity index (χ4n) is 3.92. The Kier molecular flexibility index (Phi) is 4.97. The van der Waals surface area contributed by atoms with Gasteiger partial charge in [0.1, 0.15) is 5.82 Å². The largest absolute Gasteiger partial charge is 0.384 e. The second-order valence-corrected chi connectivity index (χ2v) is 6.63. The minimum absolute atomic E-state index is 0.0189. The van der Waals surface area contributed by atoms with Crippen molar-refractivity contribution in [2.24, 2.45) is 5.41 Å². The Morgan fingerprint density at radius 1 is 1.48 bits per heavy atom. The third kappa shape index (κ3) is 3.40. The van der Waals surface area contributed by atoms with E-state index < -0.39 is 0 Å². The number of carbonyl (C=O) groups excluding carboxylic acids is 1. The lowest BCUT2D eigenvalue weighted by Crippen LogP contribution is -2.58. The van der Waals surface area contributed by atoms with Gasteiger partial charge in [-0.25, -0.2) is 4.39 Å². The summed E-state index contributed by atoms with van der Waals surface area (Å²) >= 11 is 0. The van der Waals surface area contributed by atoms with Crippen LogP contribution in [0.2, 0.25) is 0 Å². The Morgan fingerprint density at radius 3 is 3.09 bits per heavy atom. The molecule has 0 N–H and O–H groups in total. The van der Waals surface area contributed by atoms with Crippen LogP contribution in [0.15, 0.2) is 24.3 Å². The first kappa shape index (κ1) is 16.4. The molecule has 2 fully saturated rings. The molecule has 2 aliphatic heterocycles. The summed E-state index contributed by atoms with van der Waals surface area (Å²) in [5, 5.41) is 0. The first-order valence-corrected chi connectivity index (χ1v) is 8.26. The van der Waals surface area contributed by atoms with E-state index in [-0.39, 0.29) is 29.7 Å². The molecule has 23 heavy (non-hydrogen) atoms. The number of ether oxygens (including phenoxy) is 2. The van der Waals surface area contributed by atoms with Crippen LogP contribution in [0.4, 0.5) is 4.39 Å². The number of benzene rings is 1. The van der Waals surface area contributed by atoms with Gasteiger partial charge in [-0.2, -0.15) is 0 Å². The standard InChI is InChI=1S/C18H24FNO3/c1-22-13-18-8-4-10-23-16(18)7-9-20(12-18)17(21)11-14-5-2-3-6-15(14)19/h2-3,5-6,16H,4,7-13H2,1H3/t16-,18+/m1/s1. The molecule has 0 bridgehead atoms. The number of rotatable bonds is 4. The molecule has 0 spiro atoms. The number of likely N-dealkylation sites (tertiary alicyclic amines) is 1. The van der Waals surface area contributed by atoms with E-state index in [0.717, 1.165) is 25.9 Å². The highest BCUT2D eigenvalue weighted by Gasteiger charge is 2.46. The zero-order chi connectivity index (χ0) is 16.3. The van der Waals surface area contributed by atoms with Gasteiger partial charge >= 0.3 is 0 Å². The van der Waals surface area contributed by atoms with E-state index in [1.807, 2.05) is 4.90 Å². The average molecular weight is 321 g/mol. The monoisotopic (exact) mass is 321 g/mol. The number of methoxy groups -OCH3 is 1. The predicted octanol–water partition coefficient (Wildman–Crippen LogP) is 2.41. The Bertz CT molecular complexity index is 561. The van der Waals surface area contributed by atoms with Crippen molar-refractivity contribution < 1.29 is 18.7 Å². The van der Waals surface area contributed by atoms with E-state index in [9.17, 15) is 9.18 Å². The minimum Gasteiger partial charge on any atom is -0.384 e. The van der Waals surface area contributed by atoms with Crippen molar-refractivity contribution in [2.75, 3.05) is 33.4 Å². The molecule has 0 radical (unpaired) electrons. The molecule has 0 unspecified atom stereocenters. The molecule has 3 rings (SSSR count). The molecule has 2 atom stereocenters. The van der Waals surface area contributed by atoms with Gasteiger partial charge in [0.05, 0.1) is 19.1 Å². The van der Waals surface area contributed by atoms with Crippen LogP contribution in [0.3, 0.4) is 0 Å². The first-order valence-electron chi connectivity index (χ1n) is 8.26. The third-order valence-corrected chi connectivity index (χ3v) is 5.07. The lowest BCUT2D eigenvalue weighted by molar-refractivity contribution is -0.161. The molecule has 2 saturated heterocycles.